The second kappa shape index (κ2) is 6.60. The van der Waals surface area contributed by atoms with Crippen molar-refractivity contribution in [3.63, 3.8) is 0 Å². The first kappa shape index (κ1) is 15.2. The quantitative estimate of drug-likeness (QED) is 0.917. The van der Waals surface area contributed by atoms with Crippen molar-refractivity contribution in [2.75, 3.05) is 12.1 Å². The molecule has 1 heterocycles. The minimum Gasteiger partial charge on any atom is -0.481 e. The fraction of sp³-hybridized carbons (Fsp3) is 0.278. The van der Waals surface area contributed by atoms with Gasteiger partial charge in [-0.1, -0.05) is 24.6 Å². The lowest BCUT2D eigenvalue weighted by Gasteiger charge is -2.17. The Labute approximate surface area is 135 Å². The van der Waals surface area contributed by atoms with Crippen LogP contribution in [-0.4, -0.2) is 18.8 Å². The van der Waals surface area contributed by atoms with E-state index in [4.69, 9.17) is 14.2 Å². The highest BCUT2D eigenvalue weighted by molar-refractivity contribution is 5.94. The largest absolute Gasteiger partial charge is 0.481 e. The molecule has 5 nitrogen and oxygen atoms in total. The van der Waals surface area contributed by atoms with E-state index in [9.17, 15) is 4.79 Å². The monoisotopic (exact) mass is 313 g/mol. The molecular formula is C18H19NO4. The van der Waals surface area contributed by atoms with Gasteiger partial charge in [0.1, 0.15) is 5.75 Å². The summed E-state index contributed by atoms with van der Waals surface area (Å²) in [5, 5.41) is 2.85. The van der Waals surface area contributed by atoms with E-state index >= 15 is 0 Å². The van der Waals surface area contributed by atoms with Crippen LogP contribution in [-0.2, 0) is 4.79 Å². The zero-order chi connectivity index (χ0) is 16.2. The van der Waals surface area contributed by atoms with Crippen molar-refractivity contribution in [3.8, 4) is 17.2 Å². The SMILES string of the molecule is CC[C@H](Oc1ccc(C)cc1)C(=O)Nc1ccc2c(c1)OCO2. The number of nitrogens with one attached hydrogen (secondary N) is 1. The molecular weight excluding hydrogens is 294 g/mol. The number of carbonyl (C=O) groups excluding carboxylic acids is 1. The van der Waals surface area contributed by atoms with E-state index in [0.29, 0.717) is 29.4 Å². The molecule has 1 aliphatic rings. The van der Waals surface area contributed by atoms with E-state index in [0.717, 1.165) is 5.56 Å². The molecule has 0 unspecified atom stereocenters. The molecule has 5 heteroatoms. The first-order valence-electron chi connectivity index (χ1n) is 7.59. The summed E-state index contributed by atoms with van der Waals surface area (Å²) in [6.45, 7) is 4.13. The molecule has 0 fully saturated rings. The van der Waals surface area contributed by atoms with Gasteiger partial charge in [-0.25, -0.2) is 0 Å². The number of hydrogen-bond donors (Lipinski definition) is 1. The molecule has 1 N–H and O–H groups in total. The summed E-state index contributed by atoms with van der Waals surface area (Å²) in [7, 11) is 0. The number of amides is 1. The Morgan fingerprint density at radius 3 is 2.65 bits per heavy atom. The highest BCUT2D eigenvalue weighted by atomic mass is 16.7. The smallest absolute Gasteiger partial charge is 0.265 e. The van der Waals surface area contributed by atoms with Gasteiger partial charge in [0.2, 0.25) is 6.79 Å². The van der Waals surface area contributed by atoms with E-state index in [1.54, 1.807) is 18.2 Å². The van der Waals surface area contributed by atoms with Gasteiger partial charge >= 0.3 is 0 Å². The van der Waals surface area contributed by atoms with Crippen LogP contribution in [0.25, 0.3) is 0 Å². The number of fused-ring (bicyclic) bond motifs is 1. The standard InChI is InChI=1S/C18H19NO4/c1-3-15(23-14-7-4-12(2)5-8-14)18(20)19-13-6-9-16-17(10-13)22-11-21-16/h4-10,15H,3,11H2,1-2H3,(H,19,20)/t15-/m0/s1. The van der Waals surface area contributed by atoms with E-state index in [1.165, 1.54) is 0 Å². The lowest BCUT2D eigenvalue weighted by atomic mass is 10.2. The number of hydrogen-bond acceptors (Lipinski definition) is 4. The van der Waals surface area contributed by atoms with Crippen LogP contribution in [0, 0.1) is 6.92 Å². The molecule has 3 rings (SSSR count). The van der Waals surface area contributed by atoms with Crippen LogP contribution in [0.3, 0.4) is 0 Å². The summed E-state index contributed by atoms with van der Waals surface area (Å²) in [4.78, 5) is 12.4. The summed E-state index contributed by atoms with van der Waals surface area (Å²) in [6, 6.07) is 13.0. The van der Waals surface area contributed by atoms with Gasteiger partial charge in [-0.05, 0) is 37.6 Å². The Morgan fingerprint density at radius 2 is 1.91 bits per heavy atom. The summed E-state index contributed by atoms with van der Waals surface area (Å²) in [5.41, 5.74) is 1.81. The van der Waals surface area contributed by atoms with Crippen LogP contribution in [0.4, 0.5) is 5.69 Å². The second-order valence-corrected chi connectivity index (χ2v) is 5.39. The summed E-state index contributed by atoms with van der Waals surface area (Å²) in [5.74, 6) is 1.82. The van der Waals surface area contributed by atoms with E-state index in [2.05, 4.69) is 5.32 Å². The van der Waals surface area contributed by atoms with Crippen molar-refractivity contribution in [1.29, 1.82) is 0 Å². The van der Waals surface area contributed by atoms with E-state index in [1.807, 2.05) is 38.1 Å². The summed E-state index contributed by atoms with van der Waals surface area (Å²) >= 11 is 0. The van der Waals surface area contributed by atoms with Crippen molar-refractivity contribution in [2.45, 2.75) is 26.4 Å². The predicted octanol–water partition coefficient (Wildman–Crippen LogP) is 3.52. The van der Waals surface area contributed by atoms with Gasteiger partial charge in [-0.2, -0.15) is 0 Å². The number of aryl methyl sites for hydroxylation is 1. The fourth-order valence-electron chi connectivity index (χ4n) is 2.30. The van der Waals surface area contributed by atoms with Gasteiger partial charge in [0.15, 0.2) is 17.6 Å². The van der Waals surface area contributed by atoms with Crippen molar-refractivity contribution < 1.29 is 19.0 Å². The van der Waals surface area contributed by atoms with Gasteiger partial charge in [0.25, 0.3) is 5.91 Å². The van der Waals surface area contributed by atoms with E-state index in [-0.39, 0.29) is 12.7 Å². The maximum Gasteiger partial charge on any atom is 0.265 e. The highest BCUT2D eigenvalue weighted by Crippen LogP contribution is 2.34. The van der Waals surface area contributed by atoms with Crippen molar-refractivity contribution in [1.82, 2.24) is 0 Å². The zero-order valence-electron chi connectivity index (χ0n) is 13.2. The maximum atomic E-state index is 12.4. The molecule has 0 radical (unpaired) electrons. The lowest BCUT2D eigenvalue weighted by Crippen LogP contribution is -2.32. The summed E-state index contributed by atoms with van der Waals surface area (Å²) < 4.78 is 16.3. The van der Waals surface area contributed by atoms with Crippen molar-refractivity contribution in [2.24, 2.45) is 0 Å². The van der Waals surface area contributed by atoms with Gasteiger partial charge in [0.05, 0.1) is 0 Å². The Hall–Kier alpha value is -2.69. The third-order valence-corrected chi connectivity index (χ3v) is 3.60. The molecule has 120 valence electrons. The third kappa shape index (κ3) is 3.56. The Kier molecular flexibility index (Phi) is 4.37. The molecule has 0 bridgehead atoms. The molecule has 0 aliphatic carbocycles. The first-order chi connectivity index (χ1) is 11.2. The molecule has 0 spiro atoms. The van der Waals surface area contributed by atoms with Crippen LogP contribution >= 0.6 is 0 Å². The number of carbonyl (C=O) groups is 1. The number of rotatable bonds is 5. The normalized spacial score (nSPS) is 13.5. The van der Waals surface area contributed by atoms with Gasteiger partial charge in [-0.15, -0.1) is 0 Å². The first-order valence-corrected chi connectivity index (χ1v) is 7.59. The molecule has 0 aromatic heterocycles. The van der Waals surface area contributed by atoms with Crippen LogP contribution < -0.4 is 19.5 Å². The fourth-order valence-corrected chi connectivity index (χ4v) is 2.30. The van der Waals surface area contributed by atoms with Crippen molar-refractivity contribution in [3.05, 3.63) is 48.0 Å². The molecule has 23 heavy (non-hydrogen) atoms. The van der Waals surface area contributed by atoms with Crippen molar-refractivity contribution >= 4 is 11.6 Å². The average molecular weight is 313 g/mol. The highest BCUT2D eigenvalue weighted by Gasteiger charge is 2.20. The van der Waals surface area contributed by atoms with Gasteiger partial charge in [-0.3, -0.25) is 4.79 Å². The minimum absolute atomic E-state index is 0.188. The van der Waals surface area contributed by atoms with E-state index < -0.39 is 6.10 Å². The molecule has 1 atom stereocenters. The molecule has 1 amide bonds. The Morgan fingerprint density at radius 1 is 1.17 bits per heavy atom. The zero-order valence-corrected chi connectivity index (χ0v) is 13.2. The lowest BCUT2D eigenvalue weighted by molar-refractivity contribution is -0.122. The van der Waals surface area contributed by atoms with Gasteiger partial charge in [0, 0.05) is 11.8 Å². The molecule has 0 saturated heterocycles. The van der Waals surface area contributed by atoms with Crippen LogP contribution in [0.5, 0.6) is 17.2 Å². The molecule has 2 aromatic carbocycles. The van der Waals surface area contributed by atoms with Crippen LogP contribution in [0.1, 0.15) is 18.9 Å². The maximum absolute atomic E-state index is 12.4. The predicted molar refractivity (Wildman–Crippen MR) is 87.1 cm³/mol. The Bertz CT molecular complexity index is 697. The van der Waals surface area contributed by atoms with Crippen LogP contribution in [0.2, 0.25) is 0 Å². The topological polar surface area (TPSA) is 56.8 Å². The molecule has 2 aromatic rings. The minimum atomic E-state index is -0.553. The summed E-state index contributed by atoms with van der Waals surface area (Å²) in [6.07, 6.45) is 0.0210. The number of ether oxygens (including phenoxy) is 3. The number of benzene rings is 2. The third-order valence-electron chi connectivity index (χ3n) is 3.60. The average Bonchev–Trinajstić information content (AvgIpc) is 3.02. The number of anilines is 1. The Balaban J connectivity index is 1.66. The molecule has 1 aliphatic heterocycles. The van der Waals surface area contributed by atoms with Crippen LogP contribution in [0.15, 0.2) is 42.5 Å². The van der Waals surface area contributed by atoms with Gasteiger partial charge < -0.3 is 19.5 Å². The second-order valence-electron chi connectivity index (χ2n) is 5.39. The molecule has 0 saturated carbocycles.